The Morgan fingerprint density at radius 3 is 2.50 bits per heavy atom. The Bertz CT molecular complexity index is 270. The van der Waals surface area contributed by atoms with Crippen molar-refractivity contribution < 1.29 is 20.1 Å². The van der Waals surface area contributed by atoms with E-state index in [0.717, 1.165) is 0 Å². The van der Waals surface area contributed by atoms with Crippen molar-refractivity contribution in [3.8, 4) is 11.5 Å². The highest BCUT2D eigenvalue weighted by Gasteiger charge is 2.06. The van der Waals surface area contributed by atoms with Gasteiger partial charge in [-0.15, -0.1) is 0 Å². The van der Waals surface area contributed by atoms with Gasteiger partial charge in [-0.2, -0.15) is 0 Å². The third kappa shape index (κ3) is 1.66. The van der Waals surface area contributed by atoms with Gasteiger partial charge in [0, 0.05) is 5.56 Å². The lowest BCUT2D eigenvalue weighted by molar-refractivity contribution is -0.0426. The molecule has 0 unspecified atom stereocenters. The Balaban J connectivity index is 3.05. The molecule has 0 fully saturated rings. The fourth-order valence-electron chi connectivity index (χ4n) is 0.855. The number of aromatic hydroxyl groups is 1. The lowest BCUT2D eigenvalue weighted by atomic mass is 10.2. The van der Waals surface area contributed by atoms with Gasteiger partial charge in [0.2, 0.25) is 0 Å². The van der Waals surface area contributed by atoms with Crippen LogP contribution in [0.3, 0.4) is 0 Å². The minimum Gasteiger partial charge on any atom is -0.504 e. The van der Waals surface area contributed by atoms with Gasteiger partial charge in [0.1, 0.15) is 0 Å². The van der Waals surface area contributed by atoms with Gasteiger partial charge in [-0.25, -0.2) is 0 Å². The van der Waals surface area contributed by atoms with Crippen LogP contribution in [0.25, 0.3) is 0 Å². The number of ether oxygens (including phenoxy) is 1. The van der Waals surface area contributed by atoms with Crippen LogP contribution in [0, 0.1) is 0 Å². The largest absolute Gasteiger partial charge is 0.504 e. The third-order valence-electron chi connectivity index (χ3n) is 1.50. The van der Waals surface area contributed by atoms with Crippen molar-refractivity contribution in [3.63, 3.8) is 0 Å². The van der Waals surface area contributed by atoms with Crippen LogP contribution in [0.15, 0.2) is 18.2 Å². The van der Waals surface area contributed by atoms with Crippen molar-refractivity contribution in [3.05, 3.63) is 23.8 Å². The summed E-state index contributed by atoms with van der Waals surface area (Å²) in [6.45, 7) is 0. The van der Waals surface area contributed by atoms with Crippen molar-refractivity contribution >= 4 is 0 Å². The second-order valence-electron chi connectivity index (χ2n) is 2.30. The van der Waals surface area contributed by atoms with E-state index in [0.29, 0.717) is 0 Å². The number of aliphatic hydroxyl groups excluding tert-OH is 1. The molecular weight excluding hydrogens is 160 g/mol. The average molecular weight is 170 g/mol. The molecule has 0 aromatic heterocycles. The molecule has 0 radical (unpaired) electrons. The zero-order chi connectivity index (χ0) is 9.14. The van der Waals surface area contributed by atoms with Crippen LogP contribution in [-0.2, 0) is 0 Å². The fraction of sp³-hybridized carbons (Fsp3) is 0.250. The summed E-state index contributed by atoms with van der Waals surface area (Å²) in [6.07, 6.45) is -1.54. The monoisotopic (exact) mass is 170 g/mol. The number of hydrogen-bond acceptors (Lipinski definition) is 4. The van der Waals surface area contributed by atoms with E-state index in [-0.39, 0.29) is 17.1 Å². The van der Waals surface area contributed by atoms with Gasteiger partial charge >= 0.3 is 0 Å². The molecule has 4 nitrogen and oxygen atoms in total. The SMILES string of the molecule is COc1cc(C(O)O)ccc1O. The number of rotatable bonds is 2. The van der Waals surface area contributed by atoms with E-state index in [1.807, 2.05) is 0 Å². The maximum atomic E-state index is 9.13. The molecule has 0 aliphatic heterocycles. The van der Waals surface area contributed by atoms with Gasteiger partial charge in [-0.1, -0.05) is 6.07 Å². The topological polar surface area (TPSA) is 69.9 Å². The summed E-state index contributed by atoms with van der Waals surface area (Å²) in [5, 5.41) is 26.6. The first-order valence-corrected chi connectivity index (χ1v) is 3.38. The molecule has 0 bridgehead atoms. The summed E-state index contributed by atoms with van der Waals surface area (Å²) in [7, 11) is 1.39. The van der Waals surface area contributed by atoms with Crippen molar-refractivity contribution in [1.82, 2.24) is 0 Å². The summed E-state index contributed by atoms with van der Waals surface area (Å²) < 4.78 is 4.76. The molecular formula is C8H10O4. The van der Waals surface area contributed by atoms with E-state index in [1.165, 1.54) is 25.3 Å². The Morgan fingerprint density at radius 2 is 2.00 bits per heavy atom. The molecule has 0 atom stereocenters. The van der Waals surface area contributed by atoms with Crippen LogP contribution in [0.2, 0.25) is 0 Å². The molecule has 1 aromatic carbocycles. The highest BCUT2D eigenvalue weighted by atomic mass is 16.5. The summed E-state index contributed by atoms with van der Waals surface area (Å²) in [4.78, 5) is 0. The summed E-state index contributed by atoms with van der Waals surface area (Å²) in [5.74, 6) is 0.197. The fourth-order valence-corrected chi connectivity index (χ4v) is 0.855. The average Bonchev–Trinajstić information content (AvgIpc) is 2.05. The van der Waals surface area contributed by atoms with Crippen LogP contribution >= 0.6 is 0 Å². The Kier molecular flexibility index (Phi) is 2.52. The maximum absolute atomic E-state index is 9.13. The van der Waals surface area contributed by atoms with Gasteiger partial charge in [0.05, 0.1) is 7.11 Å². The zero-order valence-corrected chi connectivity index (χ0v) is 6.56. The molecule has 1 rings (SSSR count). The summed E-state index contributed by atoms with van der Waals surface area (Å²) in [5.41, 5.74) is 0.282. The smallest absolute Gasteiger partial charge is 0.178 e. The molecule has 0 amide bonds. The standard InChI is InChI=1S/C8H10O4/c1-12-7-4-5(8(10)11)2-3-6(7)9/h2-4,8-11H,1H3. The Morgan fingerprint density at radius 1 is 1.33 bits per heavy atom. The van der Waals surface area contributed by atoms with Crippen LogP contribution < -0.4 is 4.74 Å². The maximum Gasteiger partial charge on any atom is 0.178 e. The van der Waals surface area contributed by atoms with Crippen LogP contribution in [0.1, 0.15) is 11.9 Å². The van der Waals surface area contributed by atoms with Crippen molar-refractivity contribution in [2.45, 2.75) is 6.29 Å². The third-order valence-corrected chi connectivity index (χ3v) is 1.50. The van der Waals surface area contributed by atoms with E-state index in [2.05, 4.69) is 0 Å². The summed E-state index contributed by atoms with van der Waals surface area (Å²) in [6, 6.07) is 4.11. The van der Waals surface area contributed by atoms with E-state index >= 15 is 0 Å². The molecule has 66 valence electrons. The van der Waals surface area contributed by atoms with E-state index in [4.69, 9.17) is 20.1 Å². The van der Waals surface area contributed by atoms with Crippen LogP contribution in [0.5, 0.6) is 11.5 Å². The van der Waals surface area contributed by atoms with Gasteiger partial charge in [-0.05, 0) is 12.1 Å². The summed E-state index contributed by atoms with van der Waals surface area (Å²) >= 11 is 0. The molecule has 0 heterocycles. The van der Waals surface area contributed by atoms with Gasteiger partial charge in [0.25, 0.3) is 0 Å². The van der Waals surface area contributed by atoms with E-state index in [9.17, 15) is 0 Å². The number of methoxy groups -OCH3 is 1. The molecule has 1 aromatic rings. The van der Waals surface area contributed by atoms with Gasteiger partial charge in [0.15, 0.2) is 17.8 Å². The Labute approximate surface area is 69.7 Å². The highest BCUT2D eigenvalue weighted by Crippen LogP contribution is 2.27. The molecule has 12 heavy (non-hydrogen) atoms. The number of benzene rings is 1. The second kappa shape index (κ2) is 3.42. The first kappa shape index (κ1) is 8.83. The first-order valence-electron chi connectivity index (χ1n) is 3.38. The van der Waals surface area contributed by atoms with E-state index in [1.54, 1.807) is 0 Å². The quantitative estimate of drug-likeness (QED) is 0.561. The predicted molar refractivity (Wildman–Crippen MR) is 41.8 cm³/mol. The van der Waals surface area contributed by atoms with E-state index < -0.39 is 6.29 Å². The van der Waals surface area contributed by atoms with Crippen LogP contribution in [0.4, 0.5) is 0 Å². The molecule has 0 aliphatic carbocycles. The first-order chi connectivity index (χ1) is 5.65. The van der Waals surface area contributed by atoms with Crippen molar-refractivity contribution in [1.29, 1.82) is 0 Å². The molecule has 4 heteroatoms. The minimum atomic E-state index is -1.54. The van der Waals surface area contributed by atoms with Gasteiger partial charge in [-0.3, -0.25) is 0 Å². The molecule has 0 saturated carbocycles. The zero-order valence-electron chi connectivity index (χ0n) is 6.56. The van der Waals surface area contributed by atoms with Crippen LogP contribution in [-0.4, -0.2) is 22.4 Å². The van der Waals surface area contributed by atoms with Crippen molar-refractivity contribution in [2.24, 2.45) is 0 Å². The minimum absolute atomic E-state index is 0.0260. The lowest BCUT2D eigenvalue weighted by Gasteiger charge is -2.07. The Hall–Kier alpha value is -1.26. The highest BCUT2D eigenvalue weighted by molar-refractivity contribution is 5.41. The number of phenols is 1. The predicted octanol–water partition coefficient (Wildman–Crippen LogP) is 0.384. The lowest BCUT2D eigenvalue weighted by Crippen LogP contribution is -1.95. The molecule has 3 N–H and O–H groups in total. The number of phenolic OH excluding ortho intramolecular Hbond substituents is 1. The van der Waals surface area contributed by atoms with Gasteiger partial charge < -0.3 is 20.1 Å². The molecule has 0 spiro atoms. The number of aliphatic hydroxyl groups is 2. The normalized spacial score (nSPS) is 10.3. The van der Waals surface area contributed by atoms with Crippen molar-refractivity contribution in [2.75, 3.05) is 7.11 Å². The second-order valence-corrected chi connectivity index (χ2v) is 2.30. The molecule has 0 saturated heterocycles. The molecule has 0 aliphatic rings. The number of hydrogen-bond donors (Lipinski definition) is 3.